The van der Waals surface area contributed by atoms with Gasteiger partial charge in [-0.2, -0.15) is 0 Å². The number of benzene rings is 1. The summed E-state index contributed by atoms with van der Waals surface area (Å²) in [5.41, 5.74) is -0.366. The molecule has 0 spiro atoms. The molecule has 0 aromatic heterocycles. The number of hydrogen-bond acceptors (Lipinski definition) is 3. The van der Waals surface area contributed by atoms with E-state index in [-0.39, 0.29) is 24.5 Å². The van der Waals surface area contributed by atoms with Crippen LogP contribution in [0.5, 0.6) is 5.75 Å². The van der Waals surface area contributed by atoms with Gasteiger partial charge < -0.3 is 14.7 Å². The van der Waals surface area contributed by atoms with Crippen LogP contribution in [0, 0.1) is 11.3 Å². The van der Waals surface area contributed by atoms with Crippen LogP contribution < -0.4 is 4.74 Å². The number of hydrogen-bond donors (Lipinski definition) is 1. The molecule has 5 nitrogen and oxygen atoms in total. The zero-order valence-corrected chi connectivity index (χ0v) is 14.2. The van der Waals surface area contributed by atoms with Crippen molar-refractivity contribution in [2.24, 2.45) is 11.3 Å². The summed E-state index contributed by atoms with van der Waals surface area (Å²) in [5.74, 6) is -0.468. The standard InChI is InChI=1S/C18H25NO4/c1-12(2)18(17(21)22)9-10-19(11-18)16(20)14-7-5-6-8-15(14)23-13(3)4/h5-8,12-13H,9-11H2,1-4H3,(H,21,22). The predicted octanol–water partition coefficient (Wildman–Crippen LogP) is 3.05. The minimum atomic E-state index is -0.858. The summed E-state index contributed by atoms with van der Waals surface area (Å²) in [6, 6.07) is 7.13. The molecule has 23 heavy (non-hydrogen) atoms. The first-order valence-corrected chi connectivity index (χ1v) is 8.06. The largest absolute Gasteiger partial charge is 0.490 e. The van der Waals surface area contributed by atoms with Crippen LogP contribution in [-0.4, -0.2) is 41.1 Å². The van der Waals surface area contributed by atoms with E-state index in [0.29, 0.717) is 24.3 Å². The van der Waals surface area contributed by atoms with E-state index in [4.69, 9.17) is 4.74 Å². The zero-order valence-electron chi connectivity index (χ0n) is 14.2. The SMILES string of the molecule is CC(C)Oc1ccccc1C(=O)N1CCC(C(=O)O)(C(C)C)C1. The summed E-state index contributed by atoms with van der Waals surface area (Å²) in [6.45, 7) is 8.32. The molecule has 1 heterocycles. The topological polar surface area (TPSA) is 66.8 Å². The summed E-state index contributed by atoms with van der Waals surface area (Å²) in [5, 5.41) is 9.62. The summed E-state index contributed by atoms with van der Waals surface area (Å²) < 4.78 is 5.71. The number of amides is 1. The number of carbonyl (C=O) groups is 2. The molecular formula is C18H25NO4. The maximum Gasteiger partial charge on any atom is 0.311 e. The van der Waals surface area contributed by atoms with Crippen molar-refractivity contribution in [3.8, 4) is 5.75 Å². The fraction of sp³-hybridized carbons (Fsp3) is 0.556. The van der Waals surface area contributed by atoms with Gasteiger partial charge >= 0.3 is 5.97 Å². The summed E-state index contributed by atoms with van der Waals surface area (Å²) in [7, 11) is 0. The number of likely N-dealkylation sites (tertiary alicyclic amines) is 1. The van der Waals surface area contributed by atoms with E-state index in [9.17, 15) is 14.7 Å². The Morgan fingerprint density at radius 2 is 1.87 bits per heavy atom. The van der Waals surface area contributed by atoms with E-state index in [2.05, 4.69) is 0 Å². The number of carboxylic acids is 1. The molecule has 1 amide bonds. The molecule has 1 unspecified atom stereocenters. The molecular weight excluding hydrogens is 294 g/mol. The van der Waals surface area contributed by atoms with Gasteiger partial charge in [-0.15, -0.1) is 0 Å². The van der Waals surface area contributed by atoms with Gasteiger partial charge in [0.15, 0.2) is 0 Å². The Bertz CT molecular complexity index is 596. The van der Waals surface area contributed by atoms with Crippen molar-refractivity contribution in [2.45, 2.75) is 40.2 Å². The summed E-state index contributed by atoms with van der Waals surface area (Å²) in [4.78, 5) is 26.2. The van der Waals surface area contributed by atoms with Gasteiger partial charge in [0.1, 0.15) is 5.75 Å². The fourth-order valence-electron chi connectivity index (χ4n) is 3.07. The second-order valence-electron chi connectivity index (χ2n) is 6.76. The number of nitrogens with zero attached hydrogens (tertiary/aromatic N) is 1. The number of aliphatic carboxylic acids is 1. The van der Waals surface area contributed by atoms with Crippen molar-refractivity contribution >= 4 is 11.9 Å². The molecule has 126 valence electrons. The molecule has 0 aliphatic carbocycles. The maximum absolute atomic E-state index is 12.8. The first kappa shape index (κ1) is 17.3. The average molecular weight is 319 g/mol. The van der Waals surface area contributed by atoms with Crippen LogP contribution in [0.15, 0.2) is 24.3 Å². The van der Waals surface area contributed by atoms with Crippen molar-refractivity contribution in [2.75, 3.05) is 13.1 Å². The van der Waals surface area contributed by atoms with E-state index in [0.717, 1.165) is 0 Å². The molecule has 1 aromatic carbocycles. The molecule has 2 rings (SSSR count). The number of carboxylic acid groups (broad SMARTS) is 1. The van der Waals surface area contributed by atoms with Crippen molar-refractivity contribution in [3.05, 3.63) is 29.8 Å². The van der Waals surface area contributed by atoms with E-state index < -0.39 is 11.4 Å². The Morgan fingerprint density at radius 3 is 2.39 bits per heavy atom. The number of ether oxygens (including phenoxy) is 1. The lowest BCUT2D eigenvalue weighted by Gasteiger charge is -2.28. The van der Waals surface area contributed by atoms with Crippen molar-refractivity contribution in [3.63, 3.8) is 0 Å². The predicted molar refractivity (Wildman–Crippen MR) is 87.6 cm³/mol. The lowest BCUT2D eigenvalue weighted by atomic mass is 9.76. The molecule has 1 aliphatic heterocycles. The second-order valence-corrected chi connectivity index (χ2v) is 6.76. The van der Waals surface area contributed by atoms with Crippen molar-refractivity contribution in [1.29, 1.82) is 0 Å². The Balaban J connectivity index is 2.25. The monoisotopic (exact) mass is 319 g/mol. The average Bonchev–Trinajstić information content (AvgIpc) is 2.93. The molecule has 1 aromatic rings. The highest BCUT2D eigenvalue weighted by molar-refractivity contribution is 5.97. The highest BCUT2D eigenvalue weighted by Gasteiger charge is 2.48. The van der Waals surface area contributed by atoms with Crippen molar-refractivity contribution in [1.82, 2.24) is 4.90 Å². The molecule has 1 saturated heterocycles. The minimum Gasteiger partial charge on any atom is -0.490 e. The van der Waals surface area contributed by atoms with Gasteiger partial charge in [-0.05, 0) is 38.3 Å². The van der Waals surface area contributed by atoms with Crippen LogP contribution in [0.4, 0.5) is 0 Å². The third-order valence-electron chi connectivity index (χ3n) is 4.60. The molecule has 0 saturated carbocycles. The Kier molecular flexibility index (Phi) is 4.97. The smallest absolute Gasteiger partial charge is 0.311 e. The molecule has 1 aliphatic rings. The van der Waals surface area contributed by atoms with Crippen LogP contribution in [0.2, 0.25) is 0 Å². The van der Waals surface area contributed by atoms with Gasteiger partial charge in [0, 0.05) is 13.1 Å². The van der Waals surface area contributed by atoms with E-state index >= 15 is 0 Å². The molecule has 0 radical (unpaired) electrons. The van der Waals surface area contributed by atoms with E-state index in [1.54, 1.807) is 23.1 Å². The first-order chi connectivity index (χ1) is 10.8. The van der Waals surface area contributed by atoms with E-state index in [1.807, 2.05) is 33.8 Å². The summed E-state index contributed by atoms with van der Waals surface area (Å²) >= 11 is 0. The second kappa shape index (κ2) is 6.60. The van der Waals surface area contributed by atoms with Crippen LogP contribution in [-0.2, 0) is 4.79 Å². The highest BCUT2D eigenvalue weighted by atomic mass is 16.5. The molecule has 5 heteroatoms. The molecule has 1 N–H and O–H groups in total. The van der Waals surface area contributed by atoms with Crippen LogP contribution in [0.1, 0.15) is 44.5 Å². The lowest BCUT2D eigenvalue weighted by Crippen LogP contribution is -2.40. The van der Waals surface area contributed by atoms with Crippen LogP contribution >= 0.6 is 0 Å². The Morgan fingerprint density at radius 1 is 1.22 bits per heavy atom. The van der Waals surface area contributed by atoms with E-state index in [1.165, 1.54) is 0 Å². The third kappa shape index (κ3) is 3.33. The van der Waals surface area contributed by atoms with Gasteiger partial charge in [0.25, 0.3) is 5.91 Å². The Hall–Kier alpha value is -2.04. The number of para-hydroxylation sites is 1. The Labute approximate surface area is 137 Å². The quantitative estimate of drug-likeness (QED) is 0.906. The van der Waals surface area contributed by atoms with Gasteiger partial charge in [0.05, 0.1) is 17.1 Å². The normalized spacial score (nSPS) is 21.0. The zero-order chi connectivity index (χ0) is 17.2. The fourth-order valence-corrected chi connectivity index (χ4v) is 3.07. The maximum atomic E-state index is 12.8. The minimum absolute atomic E-state index is 0.0278. The third-order valence-corrected chi connectivity index (χ3v) is 4.60. The molecule has 1 fully saturated rings. The summed E-state index contributed by atoms with van der Waals surface area (Å²) in [6.07, 6.45) is 0.454. The van der Waals surface area contributed by atoms with Gasteiger partial charge in [-0.1, -0.05) is 26.0 Å². The number of rotatable bonds is 5. The lowest BCUT2D eigenvalue weighted by molar-refractivity contribution is -0.150. The van der Waals surface area contributed by atoms with Crippen molar-refractivity contribution < 1.29 is 19.4 Å². The van der Waals surface area contributed by atoms with Crippen LogP contribution in [0.25, 0.3) is 0 Å². The van der Waals surface area contributed by atoms with Gasteiger partial charge in [0.2, 0.25) is 0 Å². The van der Waals surface area contributed by atoms with Gasteiger partial charge in [-0.3, -0.25) is 9.59 Å². The molecule has 0 bridgehead atoms. The first-order valence-electron chi connectivity index (χ1n) is 8.06. The molecule has 1 atom stereocenters. The highest BCUT2D eigenvalue weighted by Crippen LogP contribution is 2.39. The van der Waals surface area contributed by atoms with Crippen LogP contribution in [0.3, 0.4) is 0 Å². The van der Waals surface area contributed by atoms with Gasteiger partial charge in [-0.25, -0.2) is 0 Å². The number of carbonyl (C=O) groups excluding carboxylic acids is 1.